The molecule has 8 nitrogen and oxygen atoms in total. The minimum absolute atomic E-state index is 0.0318. The van der Waals surface area contributed by atoms with Gasteiger partial charge in [-0.05, 0) is 26.3 Å². The van der Waals surface area contributed by atoms with Crippen LogP contribution in [0.1, 0.15) is 26.3 Å². The summed E-state index contributed by atoms with van der Waals surface area (Å²) in [6.07, 6.45) is -2.29. The summed E-state index contributed by atoms with van der Waals surface area (Å²) >= 11 is 0. The van der Waals surface area contributed by atoms with Crippen LogP contribution in [0.25, 0.3) is 0 Å². The summed E-state index contributed by atoms with van der Waals surface area (Å²) in [6, 6.07) is 7.62. The van der Waals surface area contributed by atoms with Crippen molar-refractivity contribution in [3.05, 3.63) is 35.9 Å². The third-order valence-electron chi connectivity index (χ3n) is 3.14. The summed E-state index contributed by atoms with van der Waals surface area (Å²) in [5.41, 5.74) is -0.00144. The van der Waals surface area contributed by atoms with E-state index in [0.29, 0.717) is 0 Å². The Hall–Kier alpha value is -2.61. The van der Waals surface area contributed by atoms with Crippen molar-refractivity contribution >= 4 is 18.0 Å². The lowest BCUT2D eigenvalue weighted by Gasteiger charge is -2.26. The molecule has 1 rings (SSSR count). The maximum Gasteiger partial charge on any atom is 0.408 e. The van der Waals surface area contributed by atoms with Crippen molar-refractivity contribution in [2.24, 2.45) is 0 Å². The Bertz CT molecular complexity index is 610. The lowest BCUT2D eigenvalue weighted by atomic mass is 10.1. The molecule has 0 heterocycles. The molecule has 0 fully saturated rings. The standard InChI is InChI=1S/C18H25NO7/c1-18(2,3)26-17(22)19-13(15(20)23-4)14(16(21)24-5)25-11-12-9-7-6-8-10-12/h6-10,13-14H,11H2,1-5H3,(H,19,22)/t13-,14-/m0/s1. The van der Waals surface area contributed by atoms with Gasteiger partial charge in [-0.15, -0.1) is 0 Å². The number of nitrogens with one attached hydrogen (secondary N) is 1. The number of hydrogen-bond donors (Lipinski definition) is 1. The van der Waals surface area contributed by atoms with Crippen molar-refractivity contribution in [1.29, 1.82) is 0 Å². The molecule has 2 atom stereocenters. The summed E-state index contributed by atoms with van der Waals surface area (Å²) in [7, 11) is 2.29. The summed E-state index contributed by atoms with van der Waals surface area (Å²) in [5.74, 6) is -1.69. The average Bonchev–Trinajstić information content (AvgIpc) is 2.59. The molecule has 0 saturated heterocycles. The van der Waals surface area contributed by atoms with Crippen LogP contribution in [0.4, 0.5) is 4.79 Å². The molecule has 26 heavy (non-hydrogen) atoms. The molecule has 1 amide bonds. The zero-order valence-corrected chi connectivity index (χ0v) is 15.6. The number of carbonyl (C=O) groups is 3. The molecule has 0 aromatic heterocycles. The van der Waals surface area contributed by atoms with E-state index in [1.165, 1.54) is 0 Å². The van der Waals surface area contributed by atoms with Crippen molar-refractivity contribution in [3.63, 3.8) is 0 Å². The van der Waals surface area contributed by atoms with Crippen LogP contribution in [0.15, 0.2) is 30.3 Å². The number of rotatable bonds is 7. The molecule has 144 valence electrons. The highest BCUT2D eigenvalue weighted by Crippen LogP contribution is 2.12. The van der Waals surface area contributed by atoms with E-state index in [9.17, 15) is 14.4 Å². The van der Waals surface area contributed by atoms with Crippen LogP contribution in [0.5, 0.6) is 0 Å². The van der Waals surface area contributed by atoms with E-state index in [1.807, 2.05) is 18.2 Å². The van der Waals surface area contributed by atoms with E-state index in [1.54, 1.807) is 32.9 Å². The first-order valence-corrected chi connectivity index (χ1v) is 7.98. The number of esters is 2. The number of methoxy groups -OCH3 is 2. The van der Waals surface area contributed by atoms with Crippen molar-refractivity contribution < 1.29 is 33.3 Å². The molecule has 0 aliphatic heterocycles. The van der Waals surface area contributed by atoms with E-state index >= 15 is 0 Å². The maximum atomic E-state index is 12.1. The molecule has 0 aliphatic rings. The summed E-state index contributed by atoms with van der Waals surface area (Å²) in [4.78, 5) is 36.3. The fraction of sp³-hybridized carbons (Fsp3) is 0.500. The molecule has 0 unspecified atom stereocenters. The van der Waals surface area contributed by atoms with Gasteiger partial charge in [-0.2, -0.15) is 0 Å². The molecule has 8 heteroatoms. The molecule has 0 bridgehead atoms. The van der Waals surface area contributed by atoms with Gasteiger partial charge in [0.1, 0.15) is 5.60 Å². The van der Waals surface area contributed by atoms with Gasteiger partial charge in [0.05, 0.1) is 20.8 Å². The molecule has 0 aliphatic carbocycles. The van der Waals surface area contributed by atoms with E-state index in [2.05, 4.69) is 10.1 Å². The Labute approximate surface area is 152 Å². The lowest BCUT2D eigenvalue weighted by molar-refractivity contribution is -0.165. The average molecular weight is 367 g/mol. The Balaban J connectivity index is 2.96. The number of carbonyl (C=O) groups excluding carboxylic acids is 3. The summed E-state index contributed by atoms with van der Waals surface area (Å²) in [6.45, 7) is 5.04. The monoisotopic (exact) mass is 367 g/mol. The van der Waals surface area contributed by atoms with Gasteiger partial charge in [-0.3, -0.25) is 0 Å². The van der Waals surface area contributed by atoms with Gasteiger partial charge in [-0.1, -0.05) is 30.3 Å². The molecular formula is C18H25NO7. The molecule has 0 radical (unpaired) electrons. The first-order chi connectivity index (χ1) is 12.2. The Morgan fingerprint density at radius 3 is 2.08 bits per heavy atom. The van der Waals surface area contributed by atoms with Crippen LogP contribution in [0.3, 0.4) is 0 Å². The van der Waals surface area contributed by atoms with Crippen LogP contribution >= 0.6 is 0 Å². The third-order valence-corrected chi connectivity index (χ3v) is 3.14. The molecule has 0 spiro atoms. The maximum absolute atomic E-state index is 12.1. The quantitative estimate of drug-likeness (QED) is 0.579. The Kier molecular flexibility index (Phi) is 8.05. The smallest absolute Gasteiger partial charge is 0.408 e. The van der Waals surface area contributed by atoms with Gasteiger partial charge in [-0.25, -0.2) is 14.4 Å². The fourth-order valence-corrected chi connectivity index (χ4v) is 2.00. The van der Waals surface area contributed by atoms with Crippen LogP contribution < -0.4 is 5.32 Å². The van der Waals surface area contributed by atoms with E-state index in [0.717, 1.165) is 19.8 Å². The SMILES string of the molecule is COC(=O)[C@@H](NC(=O)OC(C)(C)C)[C@H](OCc1ccccc1)C(=O)OC. The predicted molar refractivity (Wildman–Crippen MR) is 92.2 cm³/mol. The normalized spacial score (nSPS) is 13.3. The number of alkyl carbamates (subject to hydrolysis) is 1. The number of benzene rings is 1. The fourth-order valence-electron chi connectivity index (χ4n) is 2.00. The second kappa shape index (κ2) is 9.76. The second-order valence-corrected chi connectivity index (χ2v) is 6.39. The zero-order chi connectivity index (χ0) is 19.7. The Morgan fingerprint density at radius 1 is 1.00 bits per heavy atom. The number of amides is 1. The molecule has 1 aromatic rings. The highest BCUT2D eigenvalue weighted by atomic mass is 16.6. The second-order valence-electron chi connectivity index (χ2n) is 6.39. The molecular weight excluding hydrogens is 342 g/mol. The zero-order valence-electron chi connectivity index (χ0n) is 15.6. The van der Waals surface area contributed by atoms with Crippen molar-refractivity contribution in [1.82, 2.24) is 5.32 Å². The van der Waals surface area contributed by atoms with Gasteiger partial charge >= 0.3 is 18.0 Å². The highest BCUT2D eigenvalue weighted by molar-refractivity contribution is 5.89. The number of hydrogen-bond acceptors (Lipinski definition) is 7. The Morgan fingerprint density at radius 2 is 1.58 bits per heavy atom. The molecule has 0 saturated carbocycles. The van der Waals surface area contributed by atoms with Crippen molar-refractivity contribution in [3.8, 4) is 0 Å². The van der Waals surface area contributed by atoms with E-state index in [-0.39, 0.29) is 6.61 Å². The first kappa shape index (κ1) is 21.4. The van der Waals surface area contributed by atoms with Gasteiger partial charge < -0.3 is 24.3 Å². The lowest BCUT2D eigenvalue weighted by Crippen LogP contribution is -2.54. The minimum atomic E-state index is -1.42. The summed E-state index contributed by atoms with van der Waals surface area (Å²) < 4.78 is 20.0. The van der Waals surface area contributed by atoms with Crippen molar-refractivity contribution in [2.45, 2.75) is 45.1 Å². The predicted octanol–water partition coefficient (Wildman–Crippen LogP) is 1.81. The van der Waals surface area contributed by atoms with E-state index in [4.69, 9.17) is 14.2 Å². The molecule has 1 N–H and O–H groups in total. The van der Waals surface area contributed by atoms with Crippen LogP contribution in [0, 0.1) is 0 Å². The largest absolute Gasteiger partial charge is 0.467 e. The van der Waals surface area contributed by atoms with Gasteiger partial charge in [0.25, 0.3) is 0 Å². The van der Waals surface area contributed by atoms with Crippen LogP contribution in [-0.2, 0) is 35.1 Å². The third kappa shape index (κ3) is 7.10. The van der Waals surface area contributed by atoms with Gasteiger partial charge in [0.15, 0.2) is 12.1 Å². The summed E-state index contributed by atoms with van der Waals surface area (Å²) in [5, 5.41) is 2.31. The number of ether oxygens (including phenoxy) is 4. The topological polar surface area (TPSA) is 100 Å². The van der Waals surface area contributed by atoms with E-state index < -0.39 is 35.8 Å². The molecule has 1 aromatic carbocycles. The first-order valence-electron chi connectivity index (χ1n) is 7.98. The highest BCUT2D eigenvalue weighted by Gasteiger charge is 2.38. The van der Waals surface area contributed by atoms with Crippen molar-refractivity contribution in [2.75, 3.05) is 14.2 Å². The van der Waals surface area contributed by atoms with Crippen LogP contribution in [0.2, 0.25) is 0 Å². The minimum Gasteiger partial charge on any atom is -0.467 e. The van der Waals surface area contributed by atoms with Gasteiger partial charge in [0.2, 0.25) is 0 Å². The van der Waals surface area contributed by atoms with Gasteiger partial charge in [0, 0.05) is 0 Å². The van der Waals surface area contributed by atoms with Crippen LogP contribution in [-0.4, -0.2) is 50.0 Å².